The van der Waals surface area contributed by atoms with E-state index in [1.807, 2.05) is 29.6 Å². The van der Waals surface area contributed by atoms with Gasteiger partial charge in [0, 0.05) is 38.4 Å². The Morgan fingerprint density at radius 3 is 2.77 bits per heavy atom. The molecule has 1 aliphatic heterocycles. The molecule has 2 aromatic heterocycles. The summed E-state index contributed by atoms with van der Waals surface area (Å²) in [6.07, 6.45) is 0. The van der Waals surface area contributed by atoms with Crippen molar-refractivity contribution in [2.75, 3.05) is 31.9 Å². The van der Waals surface area contributed by atoms with Crippen molar-refractivity contribution in [2.24, 2.45) is 0 Å². The Bertz CT molecular complexity index is 839. The van der Waals surface area contributed by atoms with Crippen LogP contribution in [0.1, 0.15) is 24.4 Å². The number of thiophene rings is 1. The SMILES string of the molecule is CC(c1nc(-c2cccs2)no1)N1CCN(Cc2cccc(N)c2)CC1. The largest absolute Gasteiger partial charge is 0.399 e. The Kier molecular flexibility index (Phi) is 5.01. The van der Waals surface area contributed by atoms with Gasteiger partial charge in [-0.2, -0.15) is 4.98 Å². The van der Waals surface area contributed by atoms with E-state index in [1.165, 1.54) is 5.56 Å². The summed E-state index contributed by atoms with van der Waals surface area (Å²) in [5, 5.41) is 6.15. The van der Waals surface area contributed by atoms with Crippen molar-refractivity contribution in [2.45, 2.75) is 19.5 Å². The van der Waals surface area contributed by atoms with Crippen LogP contribution >= 0.6 is 11.3 Å². The summed E-state index contributed by atoms with van der Waals surface area (Å²) in [7, 11) is 0. The van der Waals surface area contributed by atoms with E-state index in [9.17, 15) is 0 Å². The summed E-state index contributed by atoms with van der Waals surface area (Å²) in [4.78, 5) is 10.5. The van der Waals surface area contributed by atoms with Gasteiger partial charge in [-0.05, 0) is 36.1 Å². The molecule has 1 aromatic carbocycles. The van der Waals surface area contributed by atoms with Crippen LogP contribution in [0.2, 0.25) is 0 Å². The molecule has 136 valence electrons. The minimum absolute atomic E-state index is 0.130. The van der Waals surface area contributed by atoms with Crippen LogP contribution in [0.5, 0.6) is 0 Å². The van der Waals surface area contributed by atoms with Gasteiger partial charge < -0.3 is 10.3 Å². The number of benzene rings is 1. The Morgan fingerprint density at radius 2 is 2.04 bits per heavy atom. The second kappa shape index (κ2) is 7.57. The third-order valence-corrected chi connectivity index (χ3v) is 5.72. The lowest BCUT2D eigenvalue weighted by Crippen LogP contribution is -2.46. The normalized spacial score (nSPS) is 17.4. The number of nitrogens with zero attached hydrogens (tertiary/aromatic N) is 4. The number of anilines is 1. The highest BCUT2D eigenvalue weighted by atomic mass is 32.1. The number of hydrogen-bond donors (Lipinski definition) is 1. The van der Waals surface area contributed by atoms with Crippen LogP contribution in [-0.2, 0) is 6.54 Å². The predicted molar refractivity (Wildman–Crippen MR) is 104 cm³/mol. The molecule has 1 fully saturated rings. The lowest BCUT2D eigenvalue weighted by Gasteiger charge is -2.36. The maximum absolute atomic E-state index is 5.88. The van der Waals surface area contributed by atoms with E-state index in [0.29, 0.717) is 11.7 Å². The highest BCUT2D eigenvalue weighted by Crippen LogP contribution is 2.26. The molecule has 3 heterocycles. The van der Waals surface area contributed by atoms with Gasteiger partial charge in [0.2, 0.25) is 11.7 Å². The molecule has 1 saturated heterocycles. The molecule has 2 N–H and O–H groups in total. The van der Waals surface area contributed by atoms with Crippen molar-refractivity contribution in [1.29, 1.82) is 0 Å². The van der Waals surface area contributed by atoms with Crippen LogP contribution in [-0.4, -0.2) is 46.1 Å². The van der Waals surface area contributed by atoms with Gasteiger partial charge in [-0.3, -0.25) is 9.80 Å². The Hall–Kier alpha value is -2.22. The van der Waals surface area contributed by atoms with Crippen LogP contribution in [0.3, 0.4) is 0 Å². The summed E-state index contributed by atoms with van der Waals surface area (Å²) in [5.74, 6) is 1.37. The zero-order valence-corrected chi connectivity index (χ0v) is 15.7. The van der Waals surface area contributed by atoms with Gasteiger partial charge in [-0.25, -0.2) is 0 Å². The lowest BCUT2D eigenvalue weighted by atomic mass is 10.1. The molecule has 3 aromatic rings. The summed E-state index contributed by atoms with van der Waals surface area (Å²) in [6, 6.07) is 12.3. The van der Waals surface area contributed by atoms with E-state index in [1.54, 1.807) is 11.3 Å². The van der Waals surface area contributed by atoms with Gasteiger partial charge in [0.25, 0.3) is 0 Å². The molecule has 0 amide bonds. The molecule has 4 rings (SSSR count). The average Bonchev–Trinajstić information content (AvgIpc) is 3.33. The van der Waals surface area contributed by atoms with E-state index in [0.717, 1.165) is 43.3 Å². The predicted octanol–water partition coefficient (Wildman–Crippen LogP) is 3.26. The van der Waals surface area contributed by atoms with Gasteiger partial charge in [0.15, 0.2) is 0 Å². The minimum Gasteiger partial charge on any atom is -0.399 e. The molecular formula is C19H23N5OS. The molecule has 1 unspecified atom stereocenters. The monoisotopic (exact) mass is 369 g/mol. The van der Waals surface area contributed by atoms with Crippen LogP contribution in [0.25, 0.3) is 10.7 Å². The Labute approximate surface area is 157 Å². The number of nitrogen functional groups attached to an aromatic ring is 1. The molecule has 0 bridgehead atoms. The summed E-state index contributed by atoms with van der Waals surface area (Å²) in [5.41, 5.74) is 7.97. The molecule has 6 nitrogen and oxygen atoms in total. The van der Waals surface area contributed by atoms with Gasteiger partial charge in [-0.1, -0.05) is 23.4 Å². The number of nitrogens with two attached hydrogens (primary N) is 1. The fourth-order valence-electron chi connectivity index (χ4n) is 3.33. The summed E-state index contributed by atoms with van der Waals surface area (Å²) < 4.78 is 5.52. The van der Waals surface area contributed by atoms with Crippen LogP contribution < -0.4 is 5.73 Å². The van der Waals surface area contributed by atoms with Crippen LogP contribution in [0.4, 0.5) is 5.69 Å². The number of rotatable bonds is 5. The molecular weight excluding hydrogens is 346 g/mol. The van der Waals surface area contributed by atoms with Crippen LogP contribution in [0, 0.1) is 0 Å². The van der Waals surface area contributed by atoms with Gasteiger partial charge in [0.1, 0.15) is 0 Å². The second-order valence-corrected chi connectivity index (χ2v) is 7.61. The van der Waals surface area contributed by atoms with E-state index in [-0.39, 0.29) is 6.04 Å². The van der Waals surface area contributed by atoms with Crippen molar-refractivity contribution in [3.8, 4) is 10.7 Å². The highest BCUT2D eigenvalue weighted by molar-refractivity contribution is 7.13. The van der Waals surface area contributed by atoms with Crippen LogP contribution in [0.15, 0.2) is 46.3 Å². The smallest absolute Gasteiger partial charge is 0.244 e. The third-order valence-electron chi connectivity index (χ3n) is 4.85. The minimum atomic E-state index is 0.130. The molecule has 0 radical (unpaired) electrons. The Morgan fingerprint density at radius 1 is 1.19 bits per heavy atom. The number of aromatic nitrogens is 2. The first-order valence-corrected chi connectivity index (χ1v) is 9.75. The fraction of sp³-hybridized carbons (Fsp3) is 0.368. The molecule has 26 heavy (non-hydrogen) atoms. The van der Waals surface area contributed by atoms with Gasteiger partial charge in [0.05, 0.1) is 10.9 Å². The summed E-state index contributed by atoms with van der Waals surface area (Å²) in [6.45, 7) is 7.09. The van der Waals surface area contributed by atoms with Crippen molar-refractivity contribution in [1.82, 2.24) is 19.9 Å². The quantitative estimate of drug-likeness (QED) is 0.696. The maximum atomic E-state index is 5.88. The number of piperazine rings is 1. The van der Waals surface area contributed by atoms with Crippen molar-refractivity contribution in [3.63, 3.8) is 0 Å². The van der Waals surface area contributed by atoms with Crippen molar-refractivity contribution in [3.05, 3.63) is 53.2 Å². The first-order chi connectivity index (χ1) is 12.7. The van der Waals surface area contributed by atoms with Crippen molar-refractivity contribution < 1.29 is 4.52 Å². The zero-order valence-electron chi connectivity index (χ0n) is 14.8. The standard InChI is InChI=1S/C19H23N5OS/c1-14(19-21-18(22-25-19)17-6-3-11-26-17)24-9-7-23(8-10-24)13-15-4-2-5-16(20)12-15/h2-6,11-12,14H,7-10,13,20H2,1H3. The van der Waals surface area contributed by atoms with E-state index in [2.05, 4.69) is 39.0 Å². The molecule has 0 aliphatic carbocycles. The zero-order chi connectivity index (χ0) is 17.9. The van der Waals surface area contributed by atoms with Gasteiger partial charge >= 0.3 is 0 Å². The molecule has 1 aliphatic rings. The third kappa shape index (κ3) is 3.80. The first kappa shape index (κ1) is 17.2. The summed E-state index contributed by atoms with van der Waals surface area (Å²) >= 11 is 1.62. The molecule has 0 spiro atoms. The first-order valence-electron chi connectivity index (χ1n) is 8.87. The molecule has 0 saturated carbocycles. The van der Waals surface area contributed by atoms with Gasteiger partial charge in [-0.15, -0.1) is 11.3 Å². The average molecular weight is 369 g/mol. The van der Waals surface area contributed by atoms with Crippen molar-refractivity contribution >= 4 is 17.0 Å². The van der Waals surface area contributed by atoms with E-state index >= 15 is 0 Å². The molecule has 1 atom stereocenters. The fourth-order valence-corrected chi connectivity index (χ4v) is 3.97. The number of hydrogen-bond acceptors (Lipinski definition) is 7. The van der Waals surface area contributed by atoms with E-state index < -0.39 is 0 Å². The highest BCUT2D eigenvalue weighted by Gasteiger charge is 2.26. The van der Waals surface area contributed by atoms with E-state index in [4.69, 9.17) is 10.3 Å². The lowest BCUT2D eigenvalue weighted by molar-refractivity contribution is 0.0845. The topological polar surface area (TPSA) is 71.4 Å². The second-order valence-electron chi connectivity index (χ2n) is 6.67. The molecule has 7 heteroatoms. The Balaban J connectivity index is 1.34. The maximum Gasteiger partial charge on any atom is 0.244 e.